The molecule has 4 unspecified atom stereocenters. The summed E-state index contributed by atoms with van der Waals surface area (Å²) in [6, 6.07) is 16.9. The van der Waals surface area contributed by atoms with Crippen LogP contribution in [-0.4, -0.2) is 38.9 Å². The predicted molar refractivity (Wildman–Crippen MR) is 110 cm³/mol. The zero-order chi connectivity index (χ0) is 20.5. The molecule has 1 aliphatic rings. The topological polar surface area (TPSA) is 56.1 Å². The summed E-state index contributed by atoms with van der Waals surface area (Å²) in [5.74, 6) is -0.715. The van der Waals surface area contributed by atoms with Crippen LogP contribution in [0.5, 0.6) is 0 Å². The molecule has 1 aliphatic heterocycles. The van der Waals surface area contributed by atoms with Crippen LogP contribution >= 0.6 is 22.6 Å². The van der Waals surface area contributed by atoms with Gasteiger partial charge in [0.25, 0.3) is 0 Å². The predicted octanol–water partition coefficient (Wildman–Crippen LogP) is 4.21. The molecule has 0 aromatic heterocycles. The van der Waals surface area contributed by atoms with E-state index in [1.54, 1.807) is 67.6 Å². The van der Waals surface area contributed by atoms with E-state index >= 15 is 0 Å². The summed E-state index contributed by atoms with van der Waals surface area (Å²) in [6.07, 6.45) is -9.40. The highest BCUT2D eigenvalue weighted by Crippen LogP contribution is 2.50. The quantitative estimate of drug-likeness (QED) is 0.474. The molecule has 0 spiro atoms. The van der Waals surface area contributed by atoms with Gasteiger partial charge in [0.05, 0.1) is 16.8 Å². The number of nitrogens with zero attached hydrogens (tertiary/aromatic N) is 2. The number of alkyl halides is 4. The molecule has 0 radical (unpaired) electrons. The van der Waals surface area contributed by atoms with Gasteiger partial charge in [-0.2, -0.15) is 18.3 Å². The van der Waals surface area contributed by atoms with Gasteiger partial charge in [-0.1, -0.05) is 78.0 Å². The Morgan fingerprint density at radius 3 is 2.14 bits per heavy atom. The van der Waals surface area contributed by atoms with Gasteiger partial charge in [-0.05, 0) is 23.6 Å². The summed E-state index contributed by atoms with van der Waals surface area (Å²) in [5, 5.41) is 27.2. The van der Waals surface area contributed by atoms with E-state index in [0.717, 1.165) is 0 Å². The largest absolute Gasteiger partial charge is 0.415 e. The molecule has 4 nitrogen and oxygen atoms in total. The molecule has 150 valence electrons. The van der Waals surface area contributed by atoms with Gasteiger partial charge < -0.3 is 10.2 Å². The Hall–Kier alpha value is -1.65. The molecule has 4 atom stereocenters. The van der Waals surface area contributed by atoms with Gasteiger partial charge in [-0.3, -0.25) is 0 Å². The Morgan fingerprint density at radius 2 is 1.64 bits per heavy atom. The number of aliphatic hydroxyl groups is 2. The van der Waals surface area contributed by atoms with E-state index in [1.807, 2.05) is 22.6 Å². The van der Waals surface area contributed by atoms with Crippen molar-refractivity contribution in [2.45, 2.75) is 25.4 Å². The van der Waals surface area contributed by atoms with Crippen molar-refractivity contribution in [3.63, 3.8) is 0 Å². The average Bonchev–Trinajstić information content (AvgIpc) is 3.01. The van der Waals surface area contributed by atoms with Crippen molar-refractivity contribution in [3.05, 3.63) is 66.2 Å². The molecule has 0 fully saturated rings. The molecule has 8 heteroatoms. The Labute approximate surface area is 174 Å². The average molecular weight is 504 g/mol. The highest BCUT2D eigenvalue weighted by atomic mass is 127. The first-order chi connectivity index (χ1) is 13.2. The lowest BCUT2D eigenvalue weighted by Gasteiger charge is -2.43. The molecule has 2 aromatic carbocycles. The standard InChI is InChI=1S/C20H20F3IN2O2/c1-13(12-24)19(17(27)20(21,22)23)16(14-8-4-2-5-9-14)25-26(18(19)28)15-10-6-3-7-11-15/h2-11,13,17-18,27-28H,12H2,1H3. The second kappa shape index (κ2) is 8.00. The maximum absolute atomic E-state index is 13.8. The molecule has 0 saturated heterocycles. The van der Waals surface area contributed by atoms with Crippen LogP contribution in [0.2, 0.25) is 0 Å². The van der Waals surface area contributed by atoms with E-state index in [1.165, 1.54) is 5.01 Å². The third-order valence-electron chi connectivity index (χ3n) is 5.15. The van der Waals surface area contributed by atoms with Gasteiger partial charge in [-0.25, -0.2) is 5.01 Å². The number of hydrogen-bond acceptors (Lipinski definition) is 4. The molecule has 0 saturated carbocycles. The van der Waals surface area contributed by atoms with Crippen molar-refractivity contribution in [1.82, 2.24) is 0 Å². The summed E-state index contributed by atoms with van der Waals surface area (Å²) >= 11 is 1.97. The van der Waals surface area contributed by atoms with Crippen LogP contribution in [0.4, 0.5) is 18.9 Å². The number of para-hydroxylation sites is 1. The second-order valence-electron chi connectivity index (χ2n) is 6.80. The number of anilines is 1. The van der Waals surface area contributed by atoms with E-state index in [0.29, 0.717) is 11.3 Å². The van der Waals surface area contributed by atoms with E-state index in [9.17, 15) is 23.4 Å². The molecule has 28 heavy (non-hydrogen) atoms. The van der Waals surface area contributed by atoms with Crippen molar-refractivity contribution in [2.24, 2.45) is 16.4 Å². The third kappa shape index (κ3) is 3.42. The number of benzene rings is 2. The van der Waals surface area contributed by atoms with Gasteiger partial charge in [0.1, 0.15) is 0 Å². The molecule has 0 amide bonds. The number of halogens is 4. The fraction of sp³-hybridized carbons (Fsp3) is 0.350. The Morgan fingerprint density at radius 1 is 1.11 bits per heavy atom. The first-order valence-electron chi connectivity index (χ1n) is 8.72. The number of hydrazone groups is 1. The highest BCUT2D eigenvalue weighted by Gasteiger charge is 2.65. The lowest BCUT2D eigenvalue weighted by Crippen LogP contribution is -2.60. The number of rotatable bonds is 5. The Bertz CT molecular complexity index is 832. The third-order valence-corrected chi connectivity index (χ3v) is 6.48. The fourth-order valence-corrected chi connectivity index (χ4v) is 4.41. The van der Waals surface area contributed by atoms with E-state index in [2.05, 4.69) is 5.10 Å². The zero-order valence-corrected chi connectivity index (χ0v) is 17.2. The highest BCUT2D eigenvalue weighted by molar-refractivity contribution is 14.1. The minimum absolute atomic E-state index is 0.0263. The van der Waals surface area contributed by atoms with Crippen molar-refractivity contribution in [3.8, 4) is 0 Å². The summed E-state index contributed by atoms with van der Waals surface area (Å²) in [5.41, 5.74) is -1.14. The van der Waals surface area contributed by atoms with Gasteiger partial charge >= 0.3 is 6.18 Å². The van der Waals surface area contributed by atoms with Crippen LogP contribution in [0.15, 0.2) is 65.8 Å². The Balaban J connectivity index is 2.26. The SMILES string of the molecule is CC(CI)C1(C(O)C(F)(F)F)C(c2ccccc2)=NN(c2ccccc2)C1O. The molecular formula is C20H20F3IN2O2. The first-order valence-corrected chi connectivity index (χ1v) is 10.2. The minimum atomic E-state index is -4.93. The number of hydrogen-bond donors (Lipinski definition) is 2. The van der Waals surface area contributed by atoms with Gasteiger partial charge in [0.2, 0.25) is 0 Å². The van der Waals surface area contributed by atoms with Gasteiger partial charge in [-0.15, -0.1) is 0 Å². The number of aliphatic hydroxyl groups excluding tert-OH is 2. The minimum Gasteiger partial charge on any atom is -0.383 e. The van der Waals surface area contributed by atoms with Crippen molar-refractivity contribution in [2.75, 3.05) is 9.44 Å². The molecule has 0 aliphatic carbocycles. The first kappa shape index (κ1) is 21.1. The van der Waals surface area contributed by atoms with Crippen LogP contribution in [0.3, 0.4) is 0 Å². The molecule has 2 N–H and O–H groups in total. The molecule has 0 bridgehead atoms. The van der Waals surface area contributed by atoms with Crippen LogP contribution in [0.1, 0.15) is 12.5 Å². The summed E-state index contributed by atoms with van der Waals surface area (Å²) in [6.45, 7) is 1.59. The zero-order valence-electron chi connectivity index (χ0n) is 15.0. The maximum Gasteiger partial charge on any atom is 0.415 e. The van der Waals surface area contributed by atoms with Crippen molar-refractivity contribution < 1.29 is 23.4 Å². The van der Waals surface area contributed by atoms with Crippen molar-refractivity contribution in [1.29, 1.82) is 0 Å². The molecule has 1 heterocycles. The normalized spacial score (nSPS) is 24.8. The molecular weight excluding hydrogens is 484 g/mol. The van der Waals surface area contributed by atoms with Crippen LogP contribution in [0, 0.1) is 11.3 Å². The lowest BCUT2D eigenvalue weighted by molar-refractivity contribution is -0.245. The Kier molecular flexibility index (Phi) is 6.02. The van der Waals surface area contributed by atoms with Crippen molar-refractivity contribution >= 4 is 34.0 Å². The van der Waals surface area contributed by atoms with E-state index < -0.39 is 29.8 Å². The maximum atomic E-state index is 13.8. The van der Waals surface area contributed by atoms with Crippen LogP contribution in [0.25, 0.3) is 0 Å². The summed E-state index contributed by atoms with van der Waals surface area (Å²) in [7, 11) is 0. The van der Waals surface area contributed by atoms with Gasteiger partial charge in [0.15, 0.2) is 12.3 Å². The van der Waals surface area contributed by atoms with Crippen LogP contribution < -0.4 is 5.01 Å². The fourth-order valence-electron chi connectivity index (χ4n) is 3.68. The van der Waals surface area contributed by atoms with E-state index in [-0.39, 0.29) is 10.1 Å². The monoisotopic (exact) mass is 504 g/mol. The smallest absolute Gasteiger partial charge is 0.383 e. The summed E-state index contributed by atoms with van der Waals surface area (Å²) < 4.78 is 41.7. The second-order valence-corrected chi connectivity index (χ2v) is 7.68. The summed E-state index contributed by atoms with van der Waals surface area (Å²) in [4.78, 5) is 0. The molecule has 3 rings (SSSR count). The molecule has 2 aromatic rings. The van der Waals surface area contributed by atoms with Crippen LogP contribution in [-0.2, 0) is 0 Å². The van der Waals surface area contributed by atoms with Gasteiger partial charge in [0, 0.05) is 4.43 Å². The van der Waals surface area contributed by atoms with E-state index in [4.69, 9.17) is 0 Å². The lowest BCUT2D eigenvalue weighted by atomic mass is 9.66.